The summed E-state index contributed by atoms with van der Waals surface area (Å²) >= 11 is 5.98. The normalized spacial score (nSPS) is 10.2. The second kappa shape index (κ2) is 5.75. The minimum Gasteiger partial charge on any atom is -0.550 e. The summed E-state index contributed by atoms with van der Waals surface area (Å²) < 4.78 is 0. The van der Waals surface area contributed by atoms with E-state index in [4.69, 9.17) is 17.3 Å². The average Bonchev–Trinajstić information content (AvgIpc) is 2.40. The second-order valence-corrected chi connectivity index (χ2v) is 4.64. The number of carbonyl (C=O) groups is 2. The number of nitrogens with two attached hydrogens (primary N) is 1. The zero-order chi connectivity index (χ0) is 14.7. The zero-order valence-corrected chi connectivity index (χ0v) is 11.2. The summed E-state index contributed by atoms with van der Waals surface area (Å²) in [6.45, 7) is 0. The fourth-order valence-corrected chi connectivity index (χ4v) is 2.13. The molecule has 0 aliphatic rings. The molecular weight excluding hydrogens is 278 g/mol. The highest BCUT2D eigenvalue weighted by Gasteiger charge is 2.16. The molecule has 2 N–H and O–H groups in total. The lowest BCUT2D eigenvalue weighted by molar-refractivity contribution is -0.304. The molecule has 0 saturated heterocycles. The fraction of sp³-hybridized carbons (Fsp3) is 0.0667. The molecule has 0 unspecified atom stereocenters. The number of aliphatic carboxylic acids is 1. The summed E-state index contributed by atoms with van der Waals surface area (Å²) in [5.74, 6) is -1.59. The molecule has 0 amide bonds. The Morgan fingerprint density at radius 2 is 1.70 bits per heavy atom. The van der Waals surface area contributed by atoms with Crippen molar-refractivity contribution in [3.05, 3.63) is 64.2 Å². The van der Waals surface area contributed by atoms with Crippen LogP contribution in [-0.2, 0) is 11.2 Å². The van der Waals surface area contributed by atoms with Crippen LogP contribution in [0.1, 0.15) is 21.5 Å². The Morgan fingerprint density at radius 1 is 1.05 bits per heavy atom. The first-order valence-electron chi connectivity index (χ1n) is 5.87. The van der Waals surface area contributed by atoms with Gasteiger partial charge in [-0.3, -0.25) is 4.79 Å². The average molecular weight is 289 g/mol. The molecule has 102 valence electrons. The highest BCUT2D eigenvalue weighted by Crippen LogP contribution is 2.24. The Hall–Kier alpha value is -2.33. The number of anilines is 1. The molecular formula is C15H11ClNO3-. The van der Waals surface area contributed by atoms with Crippen LogP contribution in [-0.4, -0.2) is 11.8 Å². The lowest BCUT2D eigenvalue weighted by atomic mass is 9.98. The molecule has 0 fully saturated rings. The first kappa shape index (κ1) is 14.1. The zero-order valence-electron chi connectivity index (χ0n) is 10.4. The summed E-state index contributed by atoms with van der Waals surface area (Å²) in [7, 11) is 0. The van der Waals surface area contributed by atoms with Crippen molar-refractivity contribution in [2.75, 3.05) is 5.73 Å². The number of carboxylic acids is 1. The fourth-order valence-electron chi connectivity index (χ4n) is 1.91. The van der Waals surface area contributed by atoms with Gasteiger partial charge in [-0.05, 0) is 23.8 Å². The van der Waals surface area contributed by atoms with Crippen molar-refractivity contribution in [1.29, 1.82) is 0 Å². The summed E-state index contributed by atoms with van der Waals surface area (Å²) in [6, 6.07) is 11.3. The minimum absolute atomic E-state index is 0.140. The predicted octanol–water partition coefficient (Wildman–Crippen LogP) is 1.45. The van der Waals surface area contributed by atoms with Crippen molar-refractivity contribution < 1.29 is 14.7 Å². The maximum atomic E-state index is 12.4. The Labute approximate surface area is 120 Å². The van der Waals surface area contributed by atoms with Crippen molar-refractivity contribution in [3.8, 4) is 0 Å². The monoisotopic (exact) mass is 288 g/mol. The minimum atomic E-state index is -1.25. The highest BCUT2D eigenvalue weighted by atomic mass is 35.5. The number of nitrogen functional groups attached to an aromatic ring is 1. The van der Waals surface area contributed by atoms with Crippen molar-refractivity contribution in [2.24, 2.45) is 0 Å². The van der Waals surface area contributed by atoms with Gasteiger partial charge in [0, 0.05) is 29.2 Å². The van der Waals surface area contributed by atoms with Crippen molar-refractivity contribution in [3.63, 3.8) is 0 Å². The Bertz CT molecular complexity index is 683. The highest BCUT2D eigenvalue weighted by molar-refractivity contribution is 6.35. The molecule has 0 saturated carbocycles. The molecule has 0 atom stereocenters. The number of benzene rings is 2. The van der Waals surface area contributed by atoms with Gasteiger partial charge in [0.2, 0.25) is 0 Å². The van der Waals surface area contributed by atoms with Crippen LogP contribution in [0.25, 0.3) is 0 Å². The number of carboxylic acid groups (broad SMARTS) is 1. The number of hydrogen-bond donors (Lipinski definition) is 1. The van der Waals surface area contributed by atoms with E-state index in [-0.39, 0.29) is 23.5 Å². The van der Waals surface area contributed by atoms with E-state index in [2.05, 4.69) is 0 Å². The smallest absolute Gasteiger partial charge is 0.196 e. The van der Waals surface area contributed by atoms with Crippen molar-refractivity contribution in [2.45, 2.75) is 6.42 Å². The van der Waals surface area contributed by atoms with Gasteiger partial charge in [-0.1, -0.05) is 35.9 Å². The van der Waals surface area contributed by atoms with E-state index in [1.54, 1.807) is 42.5 Å². The maximum Gasteiger partial charge on any atom is 0.196 e. The standard InChI is InChI=1S/C15H12ClNO3/c16-12-7-2-1-5-10(12)15(20)11-6-3-4-9(14(11)17)8-13(18)19/h1-7H,8,17H2,(H,18,19)/p-1. The summed E-state index contributed by atoms with van der Waals surface area (Å²) in [5, 5.41) is 11.0. The van der Waals surface area contributed by atoms with Crippen molar-refractivity contribution >= 4 is 29.0 Å². The predicted molar refractivity (Wildman–Crippen MR) is 74.4 cm³/mol. The molecule has 20 heavy (non-hydrogen) atoms. The molecule has 5 heteroatoms. The second-order valence-electron chi connectivity index (χ2n) is 4.24. The number of carbonyl (C=O) groups excluding carboxylic acids is 2. The van der Waals surface area contributed by atoms with Gasteiger partial charge in [-0.15, -0.1) is 0 Å². The van der Waals surface area contributed by atoms with E-state index in [1.165, 1.54) is 0 Å². The molecule has 0 aliphatic carbocycles. The number of rotatable bonds is 4. The molecule has 0 bridgehead atoms. The Kier molecular flexibility index (Phi) is 4.05. The third kappa shape index (κ3) is 2.81. The van der Waals surface area contributed by atoms with Gasteiger partial charge < -0.3 is 15.6 Å². The van der Waals surface area contributed by atoms with Crippen LogP contribution in [0.15, 0.2) is 42.5 Å². The quantitative estimate of drug-likeness (QED) is 0.682. The third-order valence-electron chi connectivity index (χ3n) is 2.89. The van der Waals surface area contributed by atoms with E-state index in [9.17, 15) is 14.7 Å². The van der Waals surface area contributed by atoms with E-state index in [0.717, 1.165) is 0 Å². The largest absolute Gasteiger partial charge is 0.550 e. The summed E-state index contributed by atoms with van der Waals surface area (Å²) in [4.78, 5) is 23.1. The van der Waals surface area contributed by atoms with E-state index >= 15 is 0 Å². The van der Waals surface area contributed by atoms with Crippen molar-refractivity contribution in [1.82, 2.24) is 0 Å². The first-order chi connectivity index (χ1) is 9.50. The molecule has 0 heterocycles. The van der Waals surface area contributed by atoms with Gasteiger partial charge in [0.1, 0.15) is 0 Å². The van der Waals surface area contributed by atoms with Crippen LogP contribution in [0.4, 0.5) is 5.69 Å². The number of para-hydroxylation sites is 1. The van der Waals surface area contributed by atoms with Gasteiger partial charge in [-0.25, -0.2) is 0 Å². The van der Waals surface area contributed by atoms with Crippen LogP contribution < -0.4 is 10.8 Å². The molecule has 4 nitrogen and oxygen atoms in total. The molecule has 2 aromatic carbocycles. The summed E-state index contributed by atoms with van der Waals surface area (Å²) in [6.07, 6.45) is -0.338. The van der Waals surface area contributed by atoms with Crippen LogP contribution in [0.2, 0.25) is 5.02 Å². The molecule has 0 aliphatic heterocycles. The van der Waals surface area contributed by atoms with Gasteiger partial charge in [-0.2, -0.15) is 0 Å². The first-order valence-corrected chi connectivity index (χ1v) is 6.25. The third-order valence-corrected chi connectivity index (χ3v) is 3.22. The van der Waals surface area contributed by atoms with Crippen LogP contribution in [0.5, 0.6) is 0 Å². The van der Waals surface area contributed by atoms with Crippen LogP contribution >= 0.6 is 11.6 Å². The molecule has 2 aromatic rings. The van der Waals surface area contributed by atoms with Gasteiger partial charge >= 0.3 is 0 Å². The van der Waals surface area contributed by atoms with Crippen LogP contribution in [0, 0.1) is 0 Å². The number of halogens is 1. The van der Waals surface area contributed by atoms with Crippen LogP contribution in [0.3, 0.4) is 0 Å². The summed E-state index contributed by atoms with van der Waals surface area (Å²) in [5.41, 5.74) is 6.91. The Balaban J connectivity index is 2.46. The topological polar surface area (TPSA) is 83.2 Å². The van der Waals surface area contributed by atoms with Gasteiger partial charge in [0.25, 0.3) is 0 Å². The van der Waals surface area contributed by atoms with E-state index in [0.29, 0.717) is 16.1 Å². The van der Waals surface area contributed by atoms with E-state index < -0.39 is 5.97 Å². The SMILES string of the molecule is Nc1c(CC(=O)[O-])cccc1C(=O)c1ccccc1Cl. The molecule has 0 spiro atoms. The van der Waals surface area contributed by atoms with Gasteiger partial charge in [0.15, 0.2) is 5.78 Å². The Morgan fingerprint density at radius 3 is 2.35 bits per heavy atom. The van der Waals surface area contributed by atoms with Gasteiger partial charge in [0.05, 0.1) is 5.02 Å². The lowest BCUT2D eigenvalue weighted by Gasteiger charge is -2.11. The molecule has 0 aromatic heterocycles. The number of ketones is 1. The maximum absolute atomic E-state index is 12.4. The lowest BCUT2D eigenvalue weighted by Crippen LogP contribution is -2.25. The number of hydrogen-bond acceptors (Lipinski definition) is 4. The molecule has 0 radical (unpaired) electrons. The molecule has 2 rings (SSSR count). The van der Waals surface area contributed by atoms with E-state index in [1.807, 2.05) is 0 Å².